The van der Waals surface area contributed by atoms with Gasteiger partial charge in [-0.05, 0) is 12.1 Å². The van der Waals surface area contributed by atoms with Crippen LogP contribution in [-0.2, 0) is 15.3 Å². The van der Waals surface area contributed by atoms with Gasteiger partial charge >= 0.3 is 5.76 Å². The molecule has 2 aromatic rings. The summed E-state index contributed by atoms with van der Waals surface area (Å²) in [5, 5.41) is 0.551. The highest BCUT2D eigenvalue weighted by Crippen LogP contribution is 2.30. The first kappa shape index (κ1) is 16.4. The van der Waals surface area contributed by atoms with Crippen LogP contribution in [0.15, 0.2) is 32.3 Å². The lowest BCUT2D eigenvalue weighted by Crippen LogP contribution is -2.20. The number of benzene rings is 1. The molecule has 0 aliphatic rings. The molecule has 0 N–H and O–H groups in total. The minimum Gasteiger partial charge on any atom is -0.407 e. The van der Waals surface area contributed by atoms with Crippen LogP contribution in [0.5, 0.6) is 0 Å². The summed E-state index contributed by atoms with van der Waals surface area (Å²) in [5.41, 5.74) is 0.226. The van der Waals surface area contributed by atoms with Gasteiger partial charge < -0.3 is 4.42 Å². The molecule has 0 atom stereocenters. The Balaban J connectivity index is 0.00000200. The van der Waals surface area contributed by atoms with Crippen molar-refractivity contribution in [3.63, 3.8) is 0 Å². The van der Waals surface area contributed by atoms with Crippen LogP contribution in [0.25, 0.3) is 11.0 Å². The van der Waals surface area contributed by atoms with E-state index in [0.29, 0.717) is 11.1 Å². The maximum absolute atomic E-state index is 11.7. The van der Waals surface area contributed by atoms with Gasteiger partial charge in [-0.2, -0.15) is 4.98 Å². The first-order valence-corrected chi connectivity index (χ1v) is 7.64. The number of para-hydroxylation sites is 1. The van der Waals surface area contributed by atoms with E-state index in [1.807, 2.05) is 20.8 Å². The molecule has 110 valence electrons. The molecule has 0 aliphatic carbocycles. The standard InChI is InChI=1S/C13H15NO4S.CH4/c1-13(2,3)11-8-6-5-7-9(19(4,16)17)10(8)18-12(15)14-11;/h5-7H,1-4H3;1H4. The maximum Gasteiger partial charge on any atom is 0.439 e. The molecule has 0 spiro atoms. The molecule has 0 radical (unpaired) electrons. The highest BCUT2D eigenvalue weighted by atomic mass is 32.2. The topological polar surface area (TPSA) is 77.2 Å². The first-order valence-electron chi connectivity index (χ1n) is 5.75. The lowest BCUT2D eigenvalue weighted by molar-refractivity contribution is 0.492. The van der Waals surface area contributed by atoms with E-state index < -0.39 is 15.6 Å². The van der Waals surface area contributed by atoms with Crippen LogP contribution in [0, 0.1) is 0 Å². The van der Waals surface area contributed by atoms with E-state index >= 15 is 0 Å². The van der Waals surface area contributed by atoms with Crippen molar-refractivity contribution in [3.05, 3.63) is 34.4 Å². The SMILES string of the molecule is C.CC(C)(C)c1nc(=O)oc2c(S(C)(=O)=O)cccc12. The molecule has 1 aromatic heterocycles. The fraction of sp³-hybridized carbons (Fsp3) is 0.429. The Hall–Kier alpha value is -1.69. The molecule has 0 unspecified atom stereocenters. The van der Waals surface area contributed by atoms with Crippen molar-refractivity contribution in [1.29, 1.82) is 0 Å². The van der Waals surface area contributed by atoms with E-state index in [1.165, 1.54) is 6.07 Å². The van der Waals surface area contributed by atoms with Crippen LogP contribution in [0.4, 0.5) is 0 Å². The molecule has 0 saturated carbocycles. The van der Waals surface area contributed by atoms with Crippen molar-refractivity contribution in [3.8, 4) is 0 Å². The fourth-order valence-corrected chi connectivity index (χ4v) is 2.75. The number of fused-ring (bicyclic) bond motifs is 1. The predicted octanol–water partition coefficient (Wildman–Crippen LogP) is 2.53. The van der Waals surface area contributed by atoms with Gasteiger partial charge in [0.15, 0.2) is 15.4 Å². The van der Waals surface area contributed by atoms with Gasteiger partial charge in [-0.3, -0.25) is 0 Å². The molecule has 2 rings (SSSR count). The van der Waals surface area contributed by atoms with E-state index in [1.54, 1.807) is 12.1 Å². The van der Waals surface area contributed by atoms with Gasteiger partial charge in [0.25, 0.3) is 0 Å². The van der Waals surface area contributed by atoms with Crippen molar-refractivity contribution in [2.75, 3.05) is 6.26 Å². The predicted molar refractivity (Wildman–Crippen MR) is 78.8 cm³/mol. The zero-order valence-corrected chi connectivity index (χ0v) is 12.0. The van der Waals surface area contributed by atoms with Crippen molar-refractivity contribution < 1.29 is 12.8 Å². The Bertz CT molecular complexity index is 798. The number of hydrogen-bond acceptors (Lipinski definition) is 5. The van der Waals surface area contributed by atoms with E-state index in [2.05, 4.69) is 4.98 Å². The molecule has 0 saturated heterocycles. The van der Waals surface area contributed by atoms with Crippen molar-refractivity contribution >= 4 is 20.8 Å². The second-order valence-electron chi connectivity index (χ2n) is 5.48. The molecule has 20 heavy (non-hydrogen) atoms. The Morgan fingerprint density at radius 1 is 1.20 bits per heavy atom. The van der Waals surface area contributed by atoms with Crippen molar-refractivity contribution in [2.45, 2.75) is 38.5 Å². The normalized spacial score (nSPS) is 12.2. The van der Waals surface area contributed by atoms with Gasteiger partial charge in [-0.15, -0.1) is 0 Å². The largest absolute Gasteiger partial charge is 0.439 e. The highest BCUT2D eigenvalue weighted by Gasteiger charge is 2.23. The summed E-state index contributed by atoms with van der Waals surface area (Å²) in [6, 6.07) is 4.75. The lowest BCUT2D eigenvalue weighted by atomic mass is 9.89. The minimum atomic E-state index is -3.47. The van der Waals surface area contributed by atoms with Crippen LogP contribution in [0.2, 0.25) is 0 Å². The number of nitrogens with zero attached hydrogens (tertiary/aromatic N) is 1. The van der Waals surface area contributed by atoms with Crippen LogP contribution in [0.3, 0.4) is 0 Å². The summed E-state index contributed by atoms with van der Waals surface area (Å²) in [7, 11) is -3.47. The van der Waals surface area contributed by atoms with Crippen molar-refractivity contribution in [2.24, 2.45) is 0 Å². The number of hydrogen-bond donors (Lipinski definition) is 0. The van der Waals surface area contributed by atoms with Gasteiger partial charge in [0, 0.05) is 17.1 Å². The van der Waals surface area contributed by atoms with Crippen LogP contribution < -0.4 is 5.76 Å². The van der Waals surface area contributed by atoms with E-state index in [-0.39, 0.29) is 23.3 Å². The molecule has 0 fully saturated rings. The van der Waals surface area contributed by atoms with Crippen LogP contribution in [-0.4, -0.2) is 19.7 Å². The minimum absolute atomic E-state index is 0. The van der Waals surface area contributed by atoms with Gasteiger partial charge in [0.2, 0.25) is 0 Å². The van der Waals surface area contributed by atoms with E-state index in [9.17, 15) is 13.2 Å². The molecule has 1 aromatic carbocycles. The fourth-order valence-electron chi connectivity index (χ4n) is 1.93. The second-order valence-corrected chi connectivity index (χ2v) is 7.47. The third-order valence-electron chi connectivity index (χ3n) is 2.74. The molecule has 0 aliphatic heterocycles. The summed E-state index contributed by atoms with van der Waals surface area (Å²) in [6.07, 6.45) is 1.08. The van der Waals surface area contributed by atoms with Gasteiger partial charge in [-0.25, -0.2) is 13.2 Å². The second kappa shape index (κ2) is 5.01. The van der Waals surface area contributed by atoms with Gasteiger partial charge in [0.1, 0.15) is 4.90 Å². The number of sulfone groups is 1. The molecule has 5 nitrogen and oxygen atoms in total. The zero-order valence-electron chi connectivity index (χ0n) is 11.2. The smallest absolute Gasteiger partial charge is 0.407 e. The summed E-state index contributed by atoms with van der Waals surface area (Å²) in [6.45, 7) is 5.71. The summed E-state index contributed by atoms with van der Waals surface area (Å²) < 4.78 is 28.5. The molecule has 0 bridgehead atoms. The third kappa shape index (κ3) is 2.90. The quantitative estimate of drug-likeness (QED) is 0.808. The maximum atomic E-state index is 11.7. The lowest BCUT2D eigenvalue weighted by Gasteiger charge is -2.19. The molecule has 6 heteroatoms. The molecular weight excluding hydrogens is 278 g/mol. The number of rotatable bonds is 1. The average molecular weight is 297 g/mol. The Labute approximate surface area is 118 Å². The van der Waals surface area contributed by atoms with Gasteiger partial charge in [-0.1, -0.05) is 34.3 Å². The molecular formula is C14H19NO4S. The van der Waals surface area contributed by atoms with Crippen molar-refractivity contribution in [1.82, 2.24) is 4.98 Å². The Kier molecular flexibility index (Phi) is 4.10. The third-order valence-corrected chi connectivity index (χ3v) is 3.86. The van der Waals surface area contributed by atoms with E-state index in [0.717, 1.165) is 6.26 Å². The van der Waals surface area contributed by atoms with Gasteiger partial charge in [0.05, 0.1) is 5.69 Å². The molecule has 1 heterocycles. The number of aromatic nitrogens is 1. The molecule has 0 amide bonds. The summed E-state index contributed by atoms with van der Waals surface area (Å²) in [5.74, 6) is -0.784. The Morgan fingerprint density at radius 2 is 1.80 bits per heavy atom. The van der Waals surface area contributed by atoms with Crippen LogP contribution >= 0.6 is 0 Å². The van der Waals surface area contributed by atoms with E-state index in [4.69, 9.17) is 4.42 Å². The van der Waals surface area contributed by atoms with Crippen LogP contribution in [0.1, 0.15) is 33.9 Å². The first-order chi connectivity index (χ1) is 8.60. The zero-order chi connectivity index (χ0) is 14.4. The monoisotopic (exact) mass is 297 g/mol. The summed E-state index contributed by atoms with van der Waals surface area (Å²) >= 11 is 0. The average Bonchev–Trinajstić information content (AvgIpc) is 2.24. The summed E-state index contributed by atoms with van der Waals surface area (Å²) in [4.78, 5) is 15.4. The highest BCUT2D eigenvalue weighted by molar-refractivity contribution is 7.91. The Morgan fingerprint density at radius 3 is 2.30 bits per heavy atom.